The van der Waals surface area contributed by atoms with Crippen LogP contribution < -0.4 is 0 Å². The molecule has 2 nitrogen and oxygen atoms in total. The smallest absolute Gasteiger partial charge is 0.0995 e. The first-order valence-electron chi connectivity index (χ1n) is 4.10. The molecule has 1 atom stereocenters. The largest absolute Gasteiger partial charge is 0.198 e. The predicted molar refractivity (Wildman–Crippen MR) is 49.9 cm³/mol. The van der Waals surface area contributed by atoms with E-state index in [9.17, 15) is 0 Å². The molecule has 64 valence electrons. The highest BCUT2D eigenvalue weighted by molar-refractivity contribution is 5.46. The molecule has 0 aliphatic carbocycles. The maximum Gasteiger partial charge on any atom is 0.0995 e. The fourth-order valence-corrected chi connectivity index (χ4v) is 1.42. The Morgan fingerprint density at radius 2 is 2.00 bits per heavy atom. The SMILES string of the molecule is Cc1cccc(C#N)c1C(C)C#N. The van der Waals surface area contributed by atoms with Crippen LogP contribution in [-0.2, 0) is 0 Å². The molecule has 0 aliphatic rings. The number of nitriles is 2. The molecule has 1 rings (SSSR count). The van der Waals surface area contributed by atoms with Crippen LogP contribution in [-0.4, -0.2) is 0 Å². The number of rotatable bonds is 1. The zero-order chi connectivity index (χ0) is 9.84. The molecule has 2 heteroatoms. The van der Waals surface area contributed by atoms with E-state index >= 15 is 0 Å². The molecule has 13 heavy (non-hydrogen) atoms. The second kappa shape index (κ2) is 3.74. The average Bonchev–Trinajstić information content (AvgIpc) is 2.16. The third-order valence-corrected chi connectivity index (χ3v) is 2.07. The van der Waals surface area contributed by atoms with Crippen molar-refractivity contribution < 1.29 is 0 Å². The van der Waals surface area contributed by atoms with Gasteiger partial charge in [-0.1, -0.05) is 12.1 Å². The van der Waals surface area contributed by atoms with Gasteiger partial charge in [0.1, 0.15) is 0 Å². The van der Waals surface area contributed by atoms with Crippen molar-refractivity contribution in [2.75, 3.05) is 0 Å². The lowest BCUT2D eigenvalue weighted by atomic mass is 9.93. The third kappa shape index (κ3) is 1.68. The van der Waals surface area contributed by atoms with E-state index in [0.29, 0.717) is 5.56 Å². The number of hydrogen-bond donors (Lipinski definition) is 0. The van der Waals surface area contributed by atoms with E-state index in [1.165, 1.54) is 0 Å². The van der Waals surface area contributed by atoms with Crippen molar-refractivity contribution >= 4 is 0 Å². The van der Waals surface area contributed by atoms with Crippen LogP contribution in [0.2, 0.25) is 0 Å². The van der Waals surface area contributed by atoms with Crippen LogP contribution in [0.15, 0.2) is 18.2 Å². The lowest BCUT2D eigenvalue weighted by Gasteiger charge is -2.08. The van der Waals surface area contributed by atoms with Crippen molar-refractivity contribution in [2.24, 2.45) is 0 Å². The maximum absolute atomic E-state index is 8.83. The number of hydrogen-bond acceptors (Lipinski definition) is 2. The van der Waals surface area contributed by atoms with E-state index in [1.54, 1.807) is 6.07 Å². The molecule has 0 aromatic heterocycles. The van der Waals surface area contributed by atoms with Crippen molar-refractivity contribution in [3.63, 3.8) is 0 Å². The molecule has 0 saturated carbocycles. The minimum atomic E-state index is -0.212. The van der Waals surface area contributed by atoms with Crippen molar-refractivity contribution in [1.82, 2.24) is 0 Å². The summed E-state index contributed by atoms with van der Waals surface area (Å²) in [7, 11) is 0. The van der Waals surface area contributed by atoms with Crippen LogP contribution in [0.25, 0.3) is 0 Å². The molecule has 1 unspecified atom stereocenters. The van der Waals surface area contributed by atoms with Gasteiger partial charge in [-0.15, -0.1) is 0 Å². The fourth-order valence-electron chi connectivity index (χ4n) is 1.42. The number of benzene rings is 1. The van der Waals surface area contributed by atoms with Gasteiger partial charge >= 0.3 is 0 Å². The van der Waals surface area contributed by atoms with Crippen LogP contribution >= 0.6 is 0 Å². The Kier molecular flexibility index (Phi) is 2.67. The Morgan fingerprint density at radius 3 is 2.54 bits per heavy atom. The van der Waals surface area contributed by atoms with E-state index in [1.807, 2.05) is 26.0 Å². The first kappa shape index (κ1) is 9.29. The zero-order valence-electron chi connectivity index (χ0n) is 7.70. The molecule has 0 bridgehead atoms. The summed E-state index contributed by atoms with van der Waals surface area (Å²) in [5, 5.41) is 17.6. The standard InChI is InChI=1S/C11H10N2/c1-8-4-3-5-10(7-13)11(8)9(2)6-12/h3-5,9H,1-2H3. The molecule has 0 N–H and O–H groups in total. The number of aryl methyl sites for hydroxylation is 1. The van der Waals surface area contributed by atoms with Gasteiger partial charge in [-0.2, -0.15) is 10.5 Å². The van der Waals surface area contributed by atoms with Gasteiger partial charge in [-0.05, 0) is 31.0 Å². The lowest BCUT2D eigenvalue weighted by molar-refractivity contribution is 0.960. The lowest BCUT2D eigenvalue weighted by Crippen LogP contribution is -1.97. The Hall–Kier alpha value is -1.80. The molecule has 0 spiro atoms. The molecule has 0 amide bonds. The van der Waals surface area contributed by atoms with Crippen LogP contribution in [0.5, 0.6) is 0 Å². The summed E-state index contributed by atoms with van der Waals surface area (Å²) in [6.45, 7) is 3.73. The van der Waals surface area contributed by atoms with Crippen molar-refractivity contribution in [1.29, 1.82) is 10.5 Å². The molecule has 1 aromatic carbocycles. The average molecular weight is 170 g/mol. The van der Waals surface area contributed by atoms with Crippen LogP contribution in [0.4, 0.5) is 0 Å². The summed E-state index contributed by atoms with van der Waals surface area (Å²) < 4.78 is 0. The third-order valence-electron chi connectivity index (χ3n) is 2.07. The molecule has 0 fully saturated rings. The first-order valence-corrected chi connectivity index (χ1v) is 4.10. The summed E-state index contributed by atoms with van der Waals surface area (Å²) >= 11 is 0. The molecule has 0 radical (unpaired) electrons. The van der Waals surface area contributed by atoms with Gasteiger partial charge in [0, 0.05) is 0 Å². The summed E-state index contributed by atoms with van der Waals surface area (Å²) in [5.74, 6) is -0.212. The van der Waals surface area contributed by atoms with Gasteiger partial charge in [0.25, 0.3) is 0 Å². The van der Waals surface area contributed by atoms with Crippen molar-refractivity contribution in [3.05, 3.63) is 34.9 Å². The normalized spacial score (nSPS) is 11.4. The molecular weight excluding hydrogens is 160 g/mol. The summed E-state index contributed by atoms with van der Waals surface area (Å²) in [6, 6.07) is 9.75. The Morgan fingerprint density at radius 1 is 1.31 bits per heavy atom. The Bertz CT molecular complexity index is 394. The van der Waals surface area contributed by atoms with Crippen LogP contribution in [0, 0.1) is 29.6 Å². The second-order valence-electron chi connectivity index (χ2n) is 3.00. The van der Waals surface area contributed by atoms with Gasteiger partial charge in [0.05, 0.1) is 23.6 Å². The second-order valence-corrected chi connectivity index (χ2v) is 3.00. The van der Waals surface area contributed by atoms with E-state index in [4.69, 9.17) is 10.5 Å². The van der Waals surface area contributed by atoms with Gasteiger partial charge < -0.3 is 0 Å². The zero-order valence-corrected chi connectivity index (χ0v) is 7.70. The fraction of sp³-hybridized carbons (Fsp3) is 0.273. The first-order chi connectivity index (χ1) is 6.20. The topological polar surface area (TPSA) is 47.6 Å². The molecule has 0 heterocycles. The Labute approximate surface area is 78.0 Å². The minimum Gasteiger partial charge on any atom is -0.198 e. The molecule has 0 aliphatic heterocycles. The highest BCUT2D eigenvalue weighted by Crippen LogP contribution is 2.22. The molecule has 0 saturated heterocycles. The van der Waals surface area contributed by atoms with Crippen LogP contribution in [0.3, 0.4) is 0 Å². The monoisotopic (exact) mass is 170 g/mol. The van der Waals surface area contributed by atoms with Crippen molar-refractivity contribution in [2.45, 2.75) is 19.8 Å². The highest BCUT2D eigenvalue weighted by atomic mass is 14.3. The maximum atomic E-state index is 8.83. The summed E-state index contributed by atoms with van der Waals surface area (Å²) in [4.78, 5) is 0. The summed E-state index contributed by atoms with van der Waals surface area (Å²) in [5.41, 5.74) is 2.47. The highest BCUT2D eigenvalue weighted by Gasteiger charge is 2.11. The Balaban J connectivity index is 3.35. The van der Waals surface area contributed by atoms with E-state index in [2.05, 4.69) is 12.1 Å². The number of nitrogens with zero attached hydrogens (tertiary/aromatic N) is 2. The quantitative estimate of drug-likeness (QED) is 0.650. The predicted octanol–water partition coefficient (Wildman–Crippen LogP) is 2.49. The van der Waals surface area contributed by atoms with Crippen molar-refractivity contribution in [3.8, 4) is 12.1 Å². The summed E-state index contributed by atoms with van der Waals surface area (Å²) in [6.07, 6.45) is 0. The minimum absolute atomic E-state index is 0.212. The van der Waals surface area contributed by atoms with E-state index in [-0.39, 0.29) is 5.92 Å². The van der Waals surface area contributed by atoms with Gasteiger partial charge in [-0.25, -0.2) is 0 Å². The van der Waals surface area contributed by atoms with Gasteiger partial charge in [0.2, 0.25) is 0 Å². The van der Waals surface area contributed by atoms with E-state index < -0.39 is 0 Å². The molecule has 1 aromatic rings. The van der Waals surface area contributed by atoms with Crippen LogP contribution in [0.1, 0.15) is 29.5 Å². The van der Waals surface area contributed by atoms with Gasteiger partial charge in [0.15, 0.2) is 0 Å². The molecular formula is C11H10N2. The van der Waals surface area contributed by atoms with E-state index in [0.717, 1.165) is 11.1 Å². The van der Waals surface area contributed by atoms with Gasteiger partial charge in [-0.3, -0.25) is 0 Å².